The largest absolute Gasteiger partial charge is 0.457 e. The third-order valence-corrected chi connectivity index (χ3v) is 9.67. The summed E-state index contributed by atoms with van der Waals surface area (Å²) in [4.78, 5) is 12.8. The summed E-state index contributed by atoms with van der Waals surface area (Å²) in [6.45, 7) is 4.35. The number of allylic oxidation sites excluding steroid dienone is 10. The summed E-state index contributed by atoms with van der Waals surface area (Å²) in [6.07, 6.45) is 39.6. The van der Waals surface area contributed by atoms with E-state index in [1.165, 1.54) is 51.4 Å². The fourth-order valence-corrected chi connectivity index (χ4v) is 6.24. The maximum atomic E-state index is 12.8. The van der Waals surface area contributed by atoms with Crippen molar-refractivity contribution < 1.29 is 44.2 Å². The number of carbonyl (C=O) groups excluding carboxylic acids is 1. The Morgan fingerprint density at radius 2 is 1.11 bits per heavy atom. The average molecular weight is 777 g/mol. The van der Waals surface area contributed by atoms with Crippen LogP contribution in [0.3, 0.4) is 0 Å². The highest BCUT2D eigenvalue weighted by molar-refractivity contribution is 5.69. The molecule has 0 bridgehead atoms. The van der Waals surface area contributed by atoms with E-state index in [0.29, 0.717) is 13.0 Å². The van der Waals surface area contributed by atoms with Crippen LogP contribution in [0.5, 0.6) is 0 Å². The summed E-state index contributed by atoms with van der Waals surface area (Å²) in [7, 11) is 0. The number of hydrogen-bond donors (Lipinski definition) is 4. The fraction of sp³-hybridized carbons (Fsp3) is 0.761. The maximum absolute atomic E-state index is 12.8. The van der Waals surface area contributed by atoms with Crippen LogP contribution in [0.4, 0.5) is 0 Å². The van der Waals surface area contributed by atoms with E-state index < -0.39 is 43.4 Å². The number of hydrogen-bond acceptors (Lipinski definition) is 9. The van der Waals surface area contributed by atoms with Crippen LogP contribution >= 0.6 is 0 Å². The molecule has 1 aliphatic heterocycles. The Bertz CT molecular complexity index is 1020. The molecule has 1 heterocycles. The molecule has 0 amide bonds. The molecule has 0 aromatic carbocycles. The summed E-state index contributed by atoms with van der Waals surface area (Å²) in [6, 6.07) is 0. The first-order chi connectivity index (χ1) is 26.9. The number of unbranched alkanes of at least 4 members (excludes halogenated alkanes) is 15. The molecular weight excluding hydrogens is 696 g/mol. The first kappa shape index (κ1) is 50.9. The third kappa shape index (κ3) is 28.9. The molecule has 6 unspecified atom stereocenters. The van der Waals surface area contributed by atoms with Crippen LogP contribution in [0.25, 0.3) is 0 Å². The van der Waals surface area contributed by atoms with Crippen molar-refractivity contribution in [3.63, 3.8) is 0 Å². The standard InChI is InChI=1S/C46H80O9/c1-3-5-7-9-11-13-15-17-19-20-21-22-23-25-27-29-31-33-35-42(48)54-40(39-53-46-45(51)44(50)43(49)41(37-47)55-46)38-52-36-34-32-30-28-26-24-18-16-14-12-10-8-6-4-2/h6,8,12-15,18-20,24,40-41,43-47,49-51H,3-5,7,9-11,16-17,21-23,25-39H2,1-2H3/b8-6-,14-12-,15-13-,20-19-,24-18-. The lowest BCUT2D eigenvalue weighted by atomic mass is 9.99. The number of esters is 1. The van der Waals surface area contributed by atoms with E-state index in [1.807, 2.05) is 0 Å². The number of rotatable bonds is 36. The van der Waals surface area contributed by atoms with E-state index in [1.54, 1.807) is 0 Å². The lowest BCUT2D eigenvalue weighted by Crippen LogP contribution is -2.59. The zero-order valence-electron chi connectivity index (χ0n) is 34.7. The van der Waals surface area contributed by atoms with Gasteiger partial charge in [-0.2, -0.15) is 0 Å². The molecule has 9 heteroatoms. The van der Waals surface area contributed by atoms with Crippen molar-refractivity contribution in [3.8, 4) is 0 Å². The van der Waals surface area contributed by atoms with Crippen LogP contribution in [0.15, 0.2) is 60.8 Å². The van der Waals surface area contributed by atoms with E-state index in [4.69, 9.17) is 18.9 Å². The van der Waals surface area contributed by atoms with Crippen molar-refractivity contribution in [2.45, 2.75) is 198 Å². The number of carbonyl (C=O) groups is 1. The summed E-state index contributed by atoms with van der Waals surface area (Å²) < 4.78 is 22.7. The lowest BCUT2D eigenvalue weighted by molar-refractivity contribution is -0.305. The predicted octanol–water partition coefficient (Wildman–Crippen LogP) is 9.52. The second-order valence-corrected chi connectivity index (χ2v) is 14.8. The van der Waals surface area contributed by atoms with Crippen LogP contribution in [-0.2, 0) is 23.7 Å². The molecule has 0 aromatic rings. The zero-order chi connectivity index (χ0) is 40.0. The number of ether oxygens (including phenoxy) is 4. The second-order valence-electron chi connectivity index (χ2n) is 14.8. The van der Waals surface area contributed by atoms with Crippen molar-refractivity contribution in [1.29, 1.82) is 0 Å². The van der Waals surface area contributed by atoms with Crippen LogP contribution in [0.1, 0.15) is 162 Å². The Labute approximate surface area is 335 Å². The van der Waals surface area contributed by atoms with Crippen molar-refractivity contribution in [3.05, 3.63) is 60.8 Å². The van der Waals surface area contributed by atoms with E-state index in [9.17, 15) is 25.2 Å². The van der Waals surface area contributed by atoms with Gasteiger partial charge in [-0.25, -0.2) is 0 Å². The minimum absolute atomic E-state index is 0.124. The highest BCUT2D eigenvalue weighted by Crippen LogP contribution is 2.22. The van der Waals surface area contributed by atoms with Gasteiger partial charge in [0.15, 0.2) is 6.29 Å². The Kier molecular flexibility index (Phi) is 34.7. The van der Waals surface area contributed by atoms with Gasteiger partial charge < -0.3 is 39.4 Å². The summed E-state index contributed by atoms with van der Waals surface area (Å²) in [5, 5.41) is 40.1. The first-order valence-corrected chi connectivity index (χ1v) is 21.9. The highest BCUT2D eigenvalue weighted by Gasteiger charge is 2.44. The molecule has 0 saturated carbocycles. The Morgan fingerprint density at radius 3 is 1.67 bits per heavy atom. The smallest absolute Gasteiger partial charge is 0.306 e. The maximum Gasteiger partial charge on any atom is 0.306 e. The van der Waals surface area contributed by atoms with Crippen molar-refractivity contribution in [2.24, 2.45) is 0 Å². The van der Waals surface area contributed by atoms with Gasteiger partial charge in [-0.3, -0.25) is 4.79 Å². The number of aliphatic hydroxyl groups excluding tert-OH is 4. The molecule has 1 fully saturated rings. The molecule has 1 rings (SSSR count). The van der Waals surface area contributed by atoms with Crippen LogP contribution in [-0.4, -0.2) is 89.6 Å². The van der Waals surface area contributed by atoms with Crippen LogP contribution < -0.4 is 0 Å². The molecular formula is C46H80O9. The first-order valence-electron chi connectivity index (χ1n) is 21.9. The van der Waals surface area contributed by atoms with Crippen LogP contribution in [0.2, 0.25) is 0 Å². The molecule has 1 saturated heterocycles. The van der Waals surface area contributed by atoms with Crippen LogP contribution in [0, 0.1) is 0 Å². The zero-order valence-corrected chi connectivity index (χ0v) is 34.7. The van der Waals surface area contributed by atoms with Crippen molar-refractivity contribution in [1.82, 2.24) is 0 Å². The third-order valence-electron chi connectivity index (χ3n) is 9.67. The second kappa shape index (κ2) is 37.5. The molecule has 4 N–H and O–H groups in total. The topological polar surface area (TPSA) is 135 Å². The van der Waals surface area contributed by atoms with Gasteiger partial charge in [0.1, 0.15) is 30.5 Å². The van der Waals surface area contributed by atoms with Crippen molar-refractivity contribution >= 4 is 5.97 Å². The molecule has 0 spiro atoms. The van der Waals surface area contributed by atoms with Crippen molar-refractivity contribution in [2.75, 3.05) is 26.4 Å². The summed E-state index contributed by atoms with van der Waals surface area (Å²) in [5.41, 5.74) is 0. The molecule has 9 nitrogen and oxygen atoms in total. The Hall–Kier alpha value is -2.11. The molecule has 0 radical (unpaired) electrons. The molecule has 6 atom stereocenters. The highest BCUT2D eigenvalue weighted by atomic mass is 16.7. The molecule has 0 aliphatic carbocycles. The quantitative estimate of drug-likeness (QED) is 0.0279. The van der Waals surface area contributed by atoms with Gasteiger partial charge in [-0.15, -0.1) is 0 Å². The van der Waals surface area contributed by atoms with Gasteiger partial charge in [0, 0.05) is 13.0 Å². The lowest BCUT2D eigenvalue weighted by Gasteiger charge is -2.39. The van der Waals surface area contributed by atoms with Gasteiger partial charge in [0.05, 0.1) is 19.8 Å². The normalized spacial score (nSPS) is 21.3. The van der Waals surface area contributed by atoms with Gasteiger partial charge in [-0.05, 0) is 77.0 Å². The molecule has 0 aromatic heterocycles. The Morgan fingerprint density at radius 1 is 0.600 bits per heavy atom. The minimum Gasteiger partial charge on any atom is -0.457 e. The van der Waals surface area contributed by atoms with Gasteiger partial charge in [0.2, 0.25) is 0 Å². The van der Waals surface area contributed by atoms with E-state index in [-0.39, 0.29) is 19.2 Å². The SMILES string of the molecule is CC/C=C\C/C=C\C/C=C\CCCCCCOCC(COC1OC(CO)C(O)C(O)C1O)OC(=O)CCCCCCCCC/C=C\C/C=C\CCCCCC. The fourth-order valence-electron chi connectivity index (χ4n) is 6.24. The Balaban J connectivity index is 2.30. The van der Waals surface area contributed by atoms with E-state index >= 15 is 0 Å². The summed E-state index contributed by atoms with van der Waals surface area (Å²) >= 11 is 0. The molecule has 318 valence electrons. The summed E-state index contributed by atoms with van der Waals surface area (Å²) in [5.74, 6) is -0.332. The average Bonchev–Trinajstić information content (AvgIpc) is 3.18. The van der Waals surface area contributed by atoms with E-state index in [2.05, 4.69) is 74.6 Å². The van der Waals surface area contributed by atoms with Gasteiger partial charge in [-0.1, -0.05) is 139 Å². The van der Waals surface area contributed by atoms with Gasteiger partial charge in [0.25, 0.3) is 0 Å². The predicted molar refractivity (Wildman–Crippen MR) is 224 cm³/mol. The van der Waals surface area contributed by atoms with Gasteiger partial charge >= 0.3 is 5.97 Å². The number of aliphatic hydroxyl groups is 4. The van der Waals surface area contributed by atoms with E-state index in [0.717, 1.165) is 89.9 Å². The molecule has 55 heavy (non-hydrogen) atoms. The monoisotopic (exact) mass is 777 g/mol. The minimum atomic E-state index is -1.54. The molecule has 1 aliphatic rings.